The Kier molecular flexibility index (Phi) is 12.4. The molecular formula is C45H50ClFN8O7S. The van der Waals surface area contributed by atoms with Crippen molar-refractivity contribution in [3.05, 3.63) is 111 Å². The first kappa shape index (κ1) is 43.9. The van der Waals surface area contributed by atoms with E-state index in [1.807, 2.05) is 12.1 Å². The third kappa shape index (κ3) is 9.91. The zero-order chi connectivity index (χ0) is 44.5. The number of allylic oxidation sites excluding steroid dienone is 1. The monoisotopic (exact) mass is 900 g/mol. The van der Waals surface area contributed by atoms with Crippen LogP contribution < -0.4 is 25.4 Å². The van der Waals surface area contributed by atoms with E-state index in [0.29, 0.717) is 29.0 Å². The molecule has 0 atom stereocenters. The molecule has 5 N–H and O–H groups in total. The molecule has 2 saturated heterocycles. The van der Waals surface area contributed by atoms with Crippen LogP contribution in [0.2, 0.25) is 5.02 Å². The van der Waals surface area contributed by atoms with Crippen LogP contribution in [0.4, 0.5) is 27.3 Å². The Bertz CT molecular complexity index is 2680. The number of aromatic amines is 1. The highest BCUT2D eigenvalue weighted by Crippen LogP contribution is 2.44. The van der Waals surface area contributed by atoms with Crippen LogP contribution in [0.3, 0.4) is 0 Å². The van der Waals surface area contributed by atoms with E-state index in [1.54, 1.807) is 30.3 Å². The first-order chi connectivity index (χ1) is 30.1. The lowest BCUT2D eigenvalue weighted by Gasteiger charge is -2.39. The SMILES string of the molecule is CC1(C)CCC(CN2CCN(c3ccc(C(=O)NS(=O)(=O)c4ccc(NCC5(F)CCOCC5)c([N+](=O)[O-])c4)c(Oc4cccc5[nH]nc(N)c45)c3)CC2)=C(c2ccc(Cl)cc2)C1. The molecule has 0 radical (unpaired) electrons. The maximum absolute atomic E-state index is 15.2. The molecule has 4 aromatic carbocycles. The van der Waals surface area contributed by atoms with E-state index >= 15 is 4.39 Å². The summed E-state index contributed by atoms with van der Waals surface area (Å²) in [5, 5.41) is 23.0. The Balaban J connectivity index is 1.02. The van der Waals surface area contributed by atoms with E-state index in [1.165, 1.54) is 28.8 Å². The molecule has 15 nitrogen and oxygen atoms in total. The second kappa shape index (κ2) is 17.8. The number of piperazine rings is 1. The fraction of sp³-hybridized carbons (Fsp3) is 0.378. The summed E-state index contributed by atoms with van der Waals surface area (Å²) in [6, 6.07) is 21.3. The average molecular weight is 901 g/mol. The summed E-state index contributed by atoms with van der Waals surface area (Å²) < 4.78 is 56.4. The minimum atomic E-state index is -4.67. The molecule has 18 heteroatoms. The van der Waals surface area contributed by atoms with E-state index in [0.717, 1.165) is 56.7 Å². The van der Waals surface area contributed by atoms with Gasteiger partial charge in [-0.1, -0.05) is 49.2 Å². The Labute approximate surface area is 370 Å². The van der Waals surface area contributed by atoms with Gasteiger partial charge in [0.15, 0.2) is 5.82 Å². The quantitative estimate of drug-likeness (QED) is 0.0652. The number of nitrogen functional groups attached to an aromatic ring is 1. The third-order valence-electron chi connectivity index (χ3n) is 12.2. The third-order valence-corrected chi connectivity index (χ3v) is 13.8. The van der Waals surface area contributed by atoms with Gasteiger partial charge in [0.1, 0.15) is 22.9 Å². The maximum Gasteiger partial charge on any atom is 0.293 e. The number of hydrogen-bond donors (Lipinski definition) is 4. The zero-order valence-electron chi connectivity index (χ0n) is 35.1. The number of nitro benzene ring substituents is 1. The molecule has 63 heavy (non-hydrogen) atoms. The van der Waals surface area contributed by atoms with Crippen molar-refractivity contribution in [1.82, 2.24) is 19.8 Å². The van der Waals surface area contributed by atoms with Crippen LogP contribution in [0.1, 0.15) is 61.9 Å². The van der Waals surface area contributed by atoms with Gasteiger partial charge < -0.3 is 25.4 Å². The number of aromatic nitrogens is 2. The molecule has 0 unspecified atom stereocenters. The number of alkyl halides is 1. The number of benzene rings is 4. The van der Waals surface area contributed by atoms with Crippen molar-refractivity contribution < 1.29 is 32.0 Å². The topological polar surface area (TPSA) is 198 Å². The van der Waals surface area contributed by atoms with Gasteiger partial charge in [0.05, 0.1) is 26.3 Å². The predicted molar refractivity (Wildman–Crippen MR) is 242 cm³/mol. The molecule has 0 saturated carbocycles. The molecule has 1 aliphatic carbocycles. The number of fused-ring (bicyclic) bond motifs is 1. The van der Waals surface area contributed by atoms with Gasteiger partial charge >= 0.3 is 0 Å². The van der Waals surface area contributed by atoms with Gasteiger partial charge in [-0.25, -0.2) is 17.5 Å². The smallest absolute Gasteiger partial charge is 0.293 e. The van der Waals surface area contributed by atoms with Crippen molar-refractivity contribution >= 4 is 66.9 Å². The van der Waals surface area contributed by atoms with E-state index < -0.39 is 37.1 Å². The average Bonchev–Trinajstić information content (AvgIpc) is 3.65. The maximum atomic E-state index is 15.2. The molecule has 332 valence electrons. The molecule has 2 aliphatic heterocycles. The fourth-order valence-corrected chi connectivity index (χ4v) is 9.64. The molecule has 8 rings (SSSR count). The first-order valence-electron chi connectivity index (χ1n) is 20.9. The number of nitrogens with two attached hydrogens (primary N) is 1. The molecule has 1 aromatic heterocycles. The minimum absolute atomic E-state index is 0.0529. The Morgan fingerprint density at radius 1 is 1.02 bits per heavy atom. The largest absolute Gasteiger partial charge is 0.456 e. The number of nitro groups is 1. The minimum Gasteiger partial charge on any atom is -0.456 e. The van der Waals surface area contributed by atoms with Crippen LogP contribution in [0.25, 0.3) is 16.5 Å². The highest BCUT2D eigenvalue weighted by atomic mass is 35.5. The molecule has 1 amide bonds. The van der Waals surface area contributed by atoms with Crippen molar-refractivity contribution in [3.63, 3.8) is 0 Å². The van der Waals surface area contributed by atoms with Crippen LogP contribution in [0, 0.1) is 15.5 Å². The van der Waals surface area contributed by atoms with Gasteiger partial charge in [0, 0.05) is 88.2 Å². The van der Waals surface area contributed by atoms with Gasteiger partial charge in [-0.15, -0.1) is 0 Å². The lowest BCUT2D eigenvalue weighted by atomic mass is 9.72. The number of amides is 1. The number of ether oxygens (including phenoxy) is 2. The first-order valence-corrected chi connectivity index (χ1v) is 22.8. The van der Waals surface area contributed by atoms with Gasteiger partial charge in [-0.3, -0.25) is 24.9 Å². The van der Waals surface area contributed by atoms with Crippen LogP contribution >= 0.6 is 11.6 Å². The number of sulfonamides is 1. The fourth-order valence-electron chi connectivity index (χ4n) is 8.53. The van der Waals surface area contributed by atoms with Gasteiger partial charge in [0.2, 0.25) is 0 Å². The molecular weight excluding hydrogens is 851 g/mol. The summed E-state index contributed by atoms with van der Waals surface area (Å²) in [4.78, 5) is 29.4. The number of H-pyrrole nitrogens is 1. The Morgan fingerprint density at radius 2 is 1.76 bits per heavy atom. The summed E-state index contributed by atoms with van der Waals surface area (Å²) in [5.74, 6) is -0.520. The summed E-state index contributed by atoms with van der Waals surface area (Å²) in [7, 11) is -4.67. The van der Waals surface area contributed by atoms with E-state index in [4.69, 9.17) is 26.8 Å². The Morgan fingerprint density at radius 3 is 2.49 bits per heavy atom. The zero-order valence-corrected chi connectivity index (χ0v) is 36.7. The summed E-state index contributed by atoms with van der Waals surface area (Å²) in [6.07, 6.45) is 3.37. The van der Waals surface area contributed by atoms with Crippen molar-refractivity contribution in [3.8, 4) is 11.5 Å². The number of carbonyl (C=O) groups excluding carboxylic acids is 1. The van der Waals surface area contributed by atoms with Crippen LogP contribution in [-0.4, -0.2) is 92.5 Å². The number of anilines is 3. The van der Waals surface area contributed by atoms with Crippen molar-refractivity contribution in [1.29, 1.82) is 0 Å². The van der Waals surface area contributed by atoms with Gasteiger partial charge in [-0.05, 0) is 84.3 Å². The molecule has 3 heterocycles. The molecule has 0 spiro atoms. The molecule has 0 bridgehead atoms. The van der Waals surface area contributed by atoms with Crippen molar-refractivity contribution in [2.24, 2.45) is 5.41 Å². The van der Waals surface area contributed by atoms with Crippen LogP contribution in [0.15, 0.2) is 89.3 Å². The van der Waals surface area contributed by atoms with Gasteiger partial charge in [0.25, 0.3) is 21.6 Å². The van der Waals surface area contributed by atoms with E-state index in [2.05, 4.69) is 56.0 Å². The molecule has 3 aliphatic rings. The van der Waals surface area contributed by atoms with E-state index in [-0.39, 0.29) is 66.6 Å². The lowest BCUT2D eigenvalue weighted by Crippen LogP contribution is -2.47. The second-order valence-electron chi connectivity index (χ2n) is 17.3. The number of nitrogens with zero attached hydrogens (tertiary/aromatic N) is 4. The number of rotatable bonds is 13. The van der Waals surface area contributed by atoms with Crippen LogP contribution in [-0.2, 0) is 14.8 Å². The number of hydrogen-bond acceptors (Lipinski definition) is 12. The predicted octanol–water partition coefficient (Wildman–Crippen LogP) is 8.33. The standard InChI is InChI=1S/C45H50ClFN8O7S/c1-44(2)15-14-30(35(26-44)29-6-8-31(46)9-7-29)27-53-18-20-54(21-19-53)32-10-12-34(40(24-32)62-39-5-3-4-37-41(39)42(48)51-50-37)43(56)52-63(59,60)33-11-13-36(38(25-33)55(57)58)49-28-45(47)16-22-61-23-17-45/h3-13,24-25,49H,14-23,26-28H2,1-2H3,(H,52,56)(H3,48,50,51). The summed E-state index contributed by atoms with van der Waals surface area (Å²) in [6.45, 7) is 8.65. The van der Waals surface area contributed by atoms with Crippen LogP contribution in [0.5, 0.6) is 11.5 Å². The highest BCUT2D eigenvalue weighted by Gasteiger charge is 2.34. The number of halogens is 2. The van der Waals surface area contributed by atoms with E-state index in [9.17, 15) is 23.3 Å². The lowest BCUT2D eigenvalue weighted by molar-refractivity contribution is -0.384. The molecule has 5 aromatic rings. The van der Waals surface area contributed by atoms with Crippen molar-refractivity contribution in [2.75, 3.05) is 68.4 Å². The number of nitrogens with one attached hydrogen (secondary N) is 3. The highest BCUT2D eigenvalue weighted by molar-refractivity contribution is 7.90. The van der Waals surface area contributed by atoms with Crippen molar-refractivity contribution in [2.45, 2.75) is 56.5 Å². The normalized spacial score (nSPS) is 18.0. The summed E-state index contributed by atoms with van der Waals surface area (Å²) >= 11 is 6.24. The van der Waals surface area contributed by atoms with Gasteiger partial charge in [-0.2, -0.15) is 5.10 Å². The second-order valence-corrected chi connectivity index (χ2v) is 19.4. The molecule has 2 fully saturated rings. The Hall–Kier alpha value is -5.75. The number of carbonyl (C=O) groups is 1. The summed E-state index contributed by atoms with van der Waals surface area (Å²) in [5.41, 5.74) is 9.38.